The molecule has 1 atom stereocenters. The van der Waals surface area contributed by atoms with Gasteiger partial charge in [0.1, 0.15) is 0 Å². The van der Waals surface area contributed by atoms with Crippen LogP contribution in [0, 0.1) is 0 Å². The van der Waals surface area contributed by atoms with Crippen LogP contribution in [0.2, 0.25) is 0 Å². The quantitative estimate of drug-likeness (QED) is 0.899. The number of nitrogens with zero attached hydrogens (tertiary/aromatic N) is 4. The van der Waals surface area contributed by atoms with Crippen molar-refractivity contribution < 1.29 is 9.90 Å². The number of aliphatic hydroxyl groups excluding tert-OH is 1. The third-order valence-electron chi connectivity index (χ3n) is 3.24. The predicted octanol–water partition coefficient (Wildman–Crippen LogP) is 1.23. The molecule has 6 nitrogen and oxygen atoms in total. The molecule has 0 saturated carbocycles. The molecule has 1 heterocycles. The highest BCUT2D eigenvalue weighted by Crippen LogP contribution is 2.16. The summed E-state index contributed by atoms with van der Waals surface area (Å²) in [5.74, 6) is 0.255. The van der Waals surface area contributed by atoms with Crippen molar-refractivity contribution in [1.29, 1.82) is 0 Å². The number of carbonyl (C=O) groups is 1. The molecular weight excluding hydrogens is 280 g/mol. The van der Waals surface area contributed by atoms with Crippen LogP contribution < -0.4 is 4.90 Å². The van der Waals surface area contributed by atoms with Gasteiger partial charge in [0.25, 0.3) is 5.91 Å². The molecule has 1 amide bonds. The first-order valence-corrected chi connectivity index (χ1v) is 6.95. The van der Waals surface area contributed by atoms with Crippen molar-refractivity contribution in [2.45, 2.75) is 12.6 Å². The monoisotopic (exact) mass is 300 g/mol. The number of benzene rings is 1. The first-order chi connectivity index (χ1) is 10.5. The highest BCUT2D eigenvalue weighted by Gasteiger charge is 2.21. The first-order valence-electron chi connectivity index (χ1n) is 6.95. The second-order valence-corrected chi connectivity index (χ2v) is 5.29. The van der Waals surface area contributed by atoms with Crippen molar-refractivity contribution >= 4 is 11.9 Å². The van der Waals surface area contributed by atoms with E-state index in [4.69, 9.17) is 0 Å². The van der Waals surface area contributed by atoms with Gasteiger partial charge in [-0.1, -0.05) is 30.3 Å². The van der Waals surface area contributed by atoms with Crippen LogP contribution in [0.25, 0.3) is 0 Å². The lowest BCUT2D eigenvalue weighted by Gasteiger charge is -2.21. The van der Waals surface area contributed by atoms with E-state index in [-0.39, 0.29) is 5.91 Å². The van der Waals surface area contributed by atoms with Gasteiger partial charge in [-0.15, -0.1) is 0 Å². The van der Waals surface area contributed by atoms with E-state index in [2.05, 4.69) is 9.97 Å². The molecule has 22 heavy (non-hydrogen) atoms. The largest absolute Gasteiger partial charge is 0.378 e. The van der Waals surface area contributed by atoms with Crippen LogP contribution in [0.4, 0.5) is 5.95 Å². The number of anilines is 1. The summed E-state index contributed by atoms with van der Waals surface area (Å²) in [7, 11) is 5.37. The summed E-state index contributed by atoms with van der Waals surface area (Å²) in [5, 5.41) is 10.1. The molecule has 0 saturated heterocycles. The highest BCUT2D eigenvalue weighted by molar-refractivity contribution is 5.81. The molecule has 116 valence electrons. The van der Waals surface area contributed by atoms with Crippen molar-refractivity contribution in [3.63, 3.8) is 0 Å². The molecule has 0 radical (unpaired) electrons. The molecule has 2 aromatic rings. The molecule has 1 aromatic carbocycles. The van der Waals surface area contributed by atoms with Crippen molar-refractivity contribution in [1.82, 2.24) is 14.9 Å². The van der Waals surface area contributed by atoms with Crippen molar-refractivity contribution in [2.24, 2.45) is 0 Å². The maximum Gasteiger partial charge on any atom is 0.256 e. The second-order valence-electron chi connectivity index (χ2n) is 5.29. The first kappa shape index (κ1) is 15.9. The van der Waals surface area contributed by atoms with Gasteiger partial charge >= 0.3 is 0 Å². The molecule has 0 aliphatic carbocycles. The van der Waals surface area contributed by atoms with Crippen LogP contribution in [0.15, 0.2) is 42.7 Å². The third kappa shape index (κ3) is 3.79. The van der Waals surface area contributed by atoms with E-state index >= 15 is 0 Å². The summed E-state index contributed by atoms with van der Waals surface area (Å²) in [6.45, 7) is 0.344. The number of hydrogen-bond acceptors (Lipinski definition) is 5. The fourth-order valence-electron chi connectivity index (χ4n) is 2.00. The summed E-state index contributed by atoms with van der Waals surface area (Å²) in [4.78, 5) is 23.9. The molecule has 2 rings (SSSR count). The third-order valence-corrected chi connectivity index (χ3v) is 3.24. The lowest BCUT2D eigenvalue weighted by molar-refractivity contribution is -0.139. The molecule has 1 aromatic heterocycles. The van der Waals surface area contributed by atoms with Crippen LogP contribution in [-0.2, 0) is 11.3 Å². The normalized spacial score (nSPS) is 11.8. The topological polar surface area (TPSA) is 69.6 Å². The maximum absolute atomic E-state index is 12.2. The minimum absolute atomic E-state index is 0.344. The zero-order valence-corrected chi connectivity index (χ0v) is 13.0. The molecule has 0 aliphatic rings. The van der Waals surface area contributed by atoms with Gasteiger partial charge in [0.2, 0.25) is 5.95 Å². The van der Waals surface area contributed by atoms with Crippen LogP contribution in [-0.4, -0.2) is 47.0 Å². The van der Waals surface area contributed by atoms with E-state index in [0.717, 1.165) is 5.56 Å². The second kappa shape index (κ2) is 7.00. The number of likely N-dealkylation sites (N-methyl/N-ethyl adjacent to an activating group) is 1. The van der Waals surface area contributed by atoms with E-state index in [0.29, 0.717) is 18.1 Å². The van der Waals surface area contributed by atoms with Gasteiger partial charge in [-0.25, -0.2) is 9.97 Å². The van der Waals surface area contributed by atoms with E-state index in [1.807, 2.05) is 20.2 Å². The molecular formula is C16H20N4O2. The Balaban J connectivity index is 2.02. The van der Waals surface area contributed by atoms with Crippen LogP contribution >= 0.6 is 0 Å². The predicted molar refractivity (Wildman–Crippen MR) is 84.2 cm³/mol. The van der Waals surface area contributed by atoms with Gasteiger partial charge in [-0.2, -0.15) is 0 Å². The fourth-order valence-corrected chi connectivity index (χ4v) is 2.00. The lowest BCUT2D eigenvalue weighted by Crippen LogP contribution is -2.31. The Labute approximate surface area is 130 Å². The summed E-state index contributed by atoms with van der Waals surface area (Å²) in [6.07, 6.45) is 2.20. The standard InChI is InChI=1S/C16H20N4O2/c1-19(2)16-17-9-12(10-18-16)11-20(3)15(22)14(21)13-7-5-4-6-8-13/h4-10,14,21H,11H2,1-3H3/t14-/m0/s1. The van der Waals surface area contributed by atoms with E-state index in [9.17, 15) is 9.90 Å². The van der Waals surface area contributed by atoms with Crippen molar-refractivity contribution in [3.05, 3.63) is 53.9 Å². The lowest BCUT2D eigenvalue weighted by atomic mass is 10.1. The number of carbonyl (C=O) groups excluding carboxylic acids is 1. The summed E-state index contributed by atoms with van der Waals surface area (Å²) in [5.41, 5.74) is 1.39. The Morgan fingerprint density at radius 2 is 1.73 bits per heavy atom. The fraction of sp³-hybridized carbons (Fsp3) is 0.312. The molecule has 0 bridgehead atoms. The number of hydrogen-bond donors (Lipinski definition) is 1. The molecule has 0 unspecified atom stereocenters. The zero-order valence-electron chi connectivity index (χ0n) is 13.0. The van der Waals surface area contributed by atoms with Crippen LogP contribution in [0.1, 0.15) is 17.2 Å². The zero-order chi connectivity index (χ0) is 16.1. The van der Waals surface area contributed by atoms with E-state index in [1.54, 1.807) is 48.6 Å². The van der Waals surface area contributed by atoms with Crippen LogP contribution in [0.3, 0.4) is 0 Å². The summed E-state index contributed by atoms with van der Waals surface area (Å²) in [6, 6.07) is 8.88. The number of rotatable bonds is 5. The van der Waals surface area contributed by atoms with Gasteiger partial charge in [0.05, 0.1) is 0 Å². The molecule has 1 N–H and O–H groups in total. The van der Waals surface area contributed by atoms with E-state index in [1.165, 1.54) is 4.90 Å². The maximum atomic E-state index is 12.2. The molecule has 6 heteroatoms. The molecule has 0 fully saturated rings. The van der Waals surface area contributed by atoms with Gasteiger partial charge in [0, 0.05) is 45.6 Å². The van der Waals surface area contributed by atoms with E-state index < -0.39 is 6.10 Å². The number of aliphatic hydroxyl groups is 1. The van der Waals surface area contributed by atoms with Crippen molar-refractivity contribution in [3.8, 4) is 0 Å². The summed E-state index contributed by atoms with van der Waals surface area (Å²) >= 11 is 0. The minimum atomic E-state index is -1.16. The Morgan fingerprint density at radius 1 is 1.14 bits per heavy atom. The SMILES string of the molecule is CN(Cc1cnc(N(C)C)nc1)C(=O)[C@@H](O)c1ccccc1. The molecule has 0 spiro atoms. The Morgan fingerprint density at radius 3 is 2.27 bits per heavy atom. The van der Waals surface area contributed by atoms with Crippen molar-refractivity contribution in [2.75, 3.05) is 26.0 Å². The smallest absolute Gasteiger partial charge is 0.256 e. The summed E-state index contributed by atoms with van der Waals surface area (Å²) < 4.78 is 0. The van der Waals surface area contributed by atoms with Gasteiger partial charge in [-0.05, 0) is 5.56 Å². The highest BCUT2D eigenvalue weighted by atomic mass is 16.3. The Hall–Kier alpha value is -2.47. The number of amides is 1. The minimum Gasteiger partial charge on any atom is -0.378 e. The van der Waals surface area contributed by atoms with Crippen LogP contribution in [0.5, 0.6) is 0 Å². The molecule has 0 aliphatic heterocycles. The van der Waals surface area contributed by atoms with Gasteiger partial charge in [0.15, 0.2) is 6.10 Å². The Kier molecular flexibility index (Phi) is 5.06. The number of aromatic nitrogens is 2. The average molecular weight is 300 g/mol. The Bertz CT molecular complexity index is 614. The average Bonchev–Trinajstić information content (AvgIpc) is 2.54. The van der Waals surface area contributed by atoms with Gasteiger partial charge in [-0.3, -0.25) is 4.79 Å². The van der Waals surface area contributed by atoms with Gasteiger partial charge < -0.3 is 14.9 Å².